The number of rotatable bonds is 10. The van der Waals surface area contributed by atoms with Gasteiger partial charge in [0.05, 0.1) is 0 Å². The lowest BCUT2D eigenvalue weighted by Gasteiger charge is -2.28. The zero-order valence-corrected chi connectivity index (χ0v) is 17.9. The Labute approximate surface area is 187 Å². The van der Waals surface area contributed by atoms with Gasteiger partial charge in [0.2, 0.25) is 23.6 Å². The molecule has 0 radical (unpaired) electrons. The number of hydrogen-bond acceptors (Lipinski definition) is 5. The molecule has 0 aromatic heterocycles. The van der Waals surface area contributed by atoms with Gasteiger partial charge in [-0.2, -0.15) is 0 Å². The lowest BCUT2D eigenvalue weighted by Crippen LogP contribution is -2.47. The van der Waals surface area contributed by atoms with Crippen molar-refractivity contribution in [2.75, 3.05) is 24.1 Å². The van der Waals surface area contributed by atoms with Crippen LogP contribution in [0.5, 0.6) is 0 Å². The van der Waals surface area contributed by atoms with Crippen LogP contribution >= 0.6 is 0 Å². The van der Waals surface area contributed by atoms with E-state index in [4.69, 9.17) is 5.73 Å². The van der Waals surface area contributed by atoms with Crippen LogP contribution in [0.3, 0.4) is 0 Å². The fraction of sp³-hybridized carbons (Fsp3) is 0.333. The van der Waals surface area contributed by atoms with Crippen molar-refractivity contribution in [1.29, 1.82) is 0 Å². The number of carbonyl (C=O) groups is 4. The lowest BCUT2D eigenvalue weighted by molar-refractivity contribution is -0.152. The Bertz CT molecular complexity index is 970. The van der Waals surface area contributed by atoms with E-state index in [2.05, 4.69) is 10.6 Å². The number of nitrogens with two attached hydrogens (primary N) is 1. The molecule has 168 valence electrons. The van der Waals surface area contributed by atoms with Crippen LogP contribution in [0.15, 0.2) is 48.5 Å². The normalized spacial score (nSPS) is 12.8. The minimum atomic E-state index is -0.192. The summed E-state index contributed by atoms with van der Waals surface area (Å²) in [7, 11) is 0. The summed E-state index contributed by atoms with van der Waals surface area (Å²) >= 11 is 0. The number of hydrogen-bond donors (Lipinski definition) is 3. The Morgan fingerprint density at radius 3 is 2.06 bits per heavy atom. The average molecular weight is 437 g/mol. The van der Waals surface area contributed by atoms with Crippen LogP contribution in [-0.2, 0) is 32.0 Å². The molecule has 32 heavy (non-hydrogen) atoms. The molecular formula is C24H28N4O4. The fourth-order valence-electron chi connectivity index (χ4n) is 3.29. The molecule has 0 spiro atoms. The van der Waals surface area contributed by atoms with Crippen molar-refractivity contribution in [1.82, 2.24) is 10.2 Å². The number of β-lactam (4-membered cyclic amide) rings is 1. The molecule has 0 unspecified atom stereocenters. The summed E-state index contributed by atoms with van der Waals surface area (Å²) in [6.07, 6.45) is 2.42. The number of carbonyl (C=O) groups excluding carboxylic acids is 4. The summed E-state index contributed by atoms with van der Waals surface area (Å²) in [5.41, 5.74) is 8.97. The quantitative estimate of drug-likeness (QED) is 0.389. The van der Waals surface area contributed by atoms with Gasteiger partial charge < -0.3 is 16.4 Å². The second-order valence-corrected chi connectivity index (χ2v) is 7.78. The van der Waals surface area contributed by atoms with Crippen LogP contribution in [0.4, 0.5) is 11.4 Å². The van der Waals surface area contributed by atoms with Crippen molar-refractivity contribution < 1.29 is 19.2 Å². The van der Waals surface area contributed by atoms with E-state index in [1.165, 1.54) is 4.90 Å². The van der Waals surface area contributed by atoms with Crippen molar-refractivity contribution in [3.63, 3.8) is 0 Å². The van der Waals surface area contributed by atoms with Gasteiger partial charge in [0.15, 0.2) is 0 Å². The summed E-state index contributed by atoms with van der Waals surface area (Å²) < 4.78 is 0. The average Bonchev–Trinajstić information content (AvgIpc) is 2.77. The first-order valence-electron chi connectivity index (χ1n) is 10.7. The number of amides is 4. The molecular weight excluding hydrogens is 408 g/mol. The molecule has 2 aromatic rings. The summed E-state index contributed by atoms with van der Waals surface area (Å²) in [6.45, 7) is 0.785. The van der Waals surface area contributed by atoms with Gasteiger partial charge >= 0.3 is 0 Å². The molecule has 1 aliphatic heterocycles. The number of likely N-dealkylation sites (tertiary alicyclic amines) is 1. The minimum Gasteiger partial charge on any atom is -0.399 e. The van der Waals surface area contributed by atoms with Crippen LogP contribution in [0.2, 0.25) is 0 Å². The van der Waals surface area contributed by atoms with Crippen LogP contribution < -0.4 is 16.4 Å². The number of anilines is 2. The van der Waals surface area contributed by atoms with Crippen molar-refractivity contribution in [2.45, 2.75) is 38.5 Å². The van der Waals surface area contributed by atoms with E-state index in [1.807, 2.05) is 24.3 Å². The van der Waals surface area contributed by atoms with Crippen molar-refractivity contribution >= 4 is 35.0 Å². The lowest BCUT2D eigenvalue weighted by atomic mass is 10.1. The standard InChI is InChI=1S/C24H28N4O4/c25-19-7-1-17(2-8-19)5-11-21(29)26-15-13-22(30)27-20-9-3-18(4-10-20)6-12-23(31)28-16-14-24(28)32/h1-4,7-10H,5-6,11-16,25H2,(H,26,29)(H,27,30). The molecule has 2 aromatic carbocycles. The highest BCUT2D eigenvalue weighted by Crippen LogP contribution is 2.15. The maximum Gasteiger partial charge on any atom is 0.230 e. The number of imide groups is 1. The predicted molar refractivity (Wildman–Crippen MR) is 122 cm³/mol. The van der Waals surface area contributed by atoms with Gasteiger partial charge in [0.1, 0.15) is 0 Å². The fourth-order valence-corrected chi connectivity index (χ4v) is 3.29. The Morgan fingerprint density at radius 2 is 1.47 bits per heavy atom. The summed E-state index contributed by atoms with van der Waals surface area (Å²) in [4.78, 5) is 48.5. The number of benzene rings is 2. The van der Waals surface area contributed by atoms with E-state index >= 15 is 0 Å². The minimum absolute atomic E-state index is 0.103. The highest BCUT2D eigenvalue weighted by molar-refractivity contribution is 5.99. The molecule has 1 heterocycles. The summed E-state index contributed by atoms with van der Waals surface area (Å²) in [5, 5.41) is 5.55. The number of nitrogens with one attached hydrogen (secondary N) is 2. The maximum atomic E-state index is 12.1. The molecule has 3 rings (SSSR count). The molecule has 4 amide bonds. The van der Waals surface area contributed by atoms with Gasteiger partial charge in [-0.05, 0) is 48.2 Å². The van der Waals surface area contributed by atoms with E-state index in [1.54, 1.807) is 24.3 Å². The predicted octanol–water partition coefficient (Wildman–Crippen LogP) is 2.04. The van der Waals surface area contributed by atoms with Gasteiger partial charge in [-0.15, -0.1) is 0 Å². The number of nitrogen functional groups attached to an aromatic ring is 1. The van der Waals surface area contributed by atoms with Crippen LogP contribution in [-0.4, -0.2) is 41.6 Å². The Balaban J connectivity index is 1.31. The molecule has 0 aliphatic carbocycles. The highest BCUT2D eigenvalue weighted by Gasteiger charge is 2.29. The second kappa shape index (κ2) is 11.1. The van der Waals surface area contributed by atoms with E-state index in [9.17, 15) is 19.2 Å². The largest absolute Gasteiger partial charge is 0.399 e. The van der Waals surface area contributed by atoms with Gasteiger partial charge in [0, 0.05) is 50.1 Å². The maximum absolute atomic E-state index is 12.1. The first kappa shape index (κ1) is 23.0. The van der Waals surface area contributed by atoms with Crippen molar-refractivity contribution in [3.8, 4) is 0 Å². The molecule has 1 saturated heterocycles. The van der Waals surface area contributed by atoms with Crippen LogP contribution in [0.25, 0.3) is 0 Å². The van der Waals surface area contributed by atoms with E-state index in [0.717, 1.165) is 11.1 Å². The Hall–Kier alpha value is -3.68. The van der Waals surface area contributed by atoms with Crippen molar-refractivity contribution in [3.05, 3.63) is 59.7 Å². The molecule has 0 atom stereocenters. The number of nitrogens with zero attached hydrogens (tertiary/aromatic N) is 1. The second-order valence-electron chi connectivity index (χ2n) is 7.78. The zero-order chi connectivity index (χ0) is 22.9. The Morgan fingerprint density at radius 1 is 0.844 bits per heavy atom. The first-order chi connectivity index (χ1) is 15.4. The third kappa shape index (κ3) is 6.94. The van der Waals surface area contributed by atoms with Gasteiger partial charge in [0.25, 0.3) is 0 Å². The van der Waals surface area contributed by atoms with Crippen LogP contribution in [0.1, 0.15) is 36.8 Å². The third-order valence-electron chi connectivity index (χ3n) is 5.31. The molecule has 0 bridgehead atoms. The molecule has 4 N–H and O–H groups in total. The molecule has 8 heteroatoms. The molecule has 8 nitrogen and oxygen atoms in total. The highest BCUT2D eigenvalue weighted by atomic mass is 16.2. The summed E-state index contributed by atoms with van der Waals surface area (Å²) in [6, 6.07) is 14.6. The third-order valence-corrected chi connectivity index (χ3v) is 5.31. The Kier molecular flexibility index (Phi) is 7.96. The van der Waals surface area contributed by atoms with Gasteiger partial charge in [-0.3, -0.25) is 24.1 Å². The van der Waals surface area contributed by atoms with Crippen molar-refractivity contribution in [2.24, 2.45) is 0 Å². The van der Waals surface area contributed by atoms with E-state index in [0.29, 0.717) is 43.6 Å². The SMILES string of the molecule is Nc1ccc(CCC(=O)NCCC(=O)Nc2ccc(CCC(=O)N3CCC3=O)cc2)cc1. The topological polar surface area (TPSA) is 122 Å². The first-order valence-corrected chi connectivity index (χ1v) is 10.7. The smallest absolute Gasteiger partial charge is 0.230 e. The van der Waals surface area contributed by atoms with Gasteiger partial charge in [-0.25, -0.2) is 0 Å². The van der Waals surface area contributed by atoms with Gasteiger partial charge in [-0.1, -0.05) is 24.3 Å². The van der Waals surface area contributed by atoms with E-state index in [-0.39, 0.29) is 43.0 Å². The summed E-state index contributed by atoms with van der Waals surface area (Å²) in [5.74, 6) is -0.545. The monoisotopic (exact) mass is 436 g/mol. The zero-order valence-electron chi connectivity index (χ0n) is 17.9. The van der Waals surface area contributed by atoms with Crippen LogP contribution in [0, 0.1) is 0 Å². The molecule has 0 saturated carbocycles. The van der Waals surface area contributed by atoms with E-state index < -0.39 is 0 Å². The molecule has 1 fully saturated rings. The number of aryl methyl sites for hydroxylation is 2. The molecule has 1 aliphatic rings.